The lowest BCUT2D eigenvalue weighted by atomic mass is 10.1. The zero-order valence-corrected chi connectivity index (χ0v) is 13.5. The maximum atomic E-state index is 4.69. The van der Waals surface area contributed by atoms with Gasteiger partial charge in [-0.05, 0) is 19.0 Å². The zero-order chi connectivity index (χ0) is 14.8. The molecule has 1 N–H and O–H groups in total. The van der Waals surface area contributed by atoms with Crippen LogP contribution in [0, 0.1) is 0 Å². The van der Waals surface area contributed by atoms with Gasteiger partial charge >= 0.3 is 0 Å². The van der Waals surface area contributed by atoms with Crippen molar-refractivity contribution in [1.29, 1.82) is 0 Å². The fourth-order valence-electron chi connectivity index (χ4n) is 2.65. The summed E-state index contributed by atoms with van der Waals surface area (Å²) in [5, 5.41) is 10.2. The average molecular weight is 303 g/mol. The number of aromatic nitrogens is 4. The highest BCUT2D eigenvalue weighted by Crippen LogP contribution is 2.20. The molecule has 1 unspecified atom stereocenters. The normalized spacial score (nSPS) is 13.1. The summed E-state index contributed by atoms with van der Waals surface area (Å²) in [7, 11) is 2.02. The van der Waals surface area contributed by atoms with Crippen LogP contribution in [0.5, 0.6) is 0 Å². The Labute approximate surface area is 128 Å². The summed E-state index contributed by atoms with van der Waals surface area (Å²) < 4.78 is 4.08. The first-order valence-electron chi connectivity index (χ1n) is 7.38. The topological polar surface area (TPSA) is 47.1 Å². The molecule has 3 heterocycles. The summed E-state index contributed by atoms with van der Waals surface area (Å²) in [6.45, 7) is 5.20. The van der Waals surface area contributed by atoms with E-state index in [4.69, 9.17) is 0 Å². The third kappa shape index (κ3) is 2.87. The van der Waals surface area contributed by atoms with E-state index in [2.05, 4.69) is 57.5 Å². The van der Waals surface area contributed by atoms with Gasteiger partial charge in [-0.1, -0.05) is 13.8 Å². The summed E-state index contributed by atoms with van der Waals surface area (Å²) in [6.07, 6.45) is 6.02. The van der Waals surface area contributed by atoms with Crippen molar-refractivity contribution in [2.24, 2.45) is 7.05 Å². The molecule has 0 aliphatic heterocycles. The highest BCUT2D eigenvalue weighted by molar-refractivity contribution is 7.15. The SMILES string of the molecule is CCNC(Cc1cn2ccsc2n1)c1cc(CC)nn1C. The summed E-state index contributed by atoms with van der Waals surface area (Å²) in [5.41, 5.74) is 3.48. The molecule has 0 aromatic carbocycles. The molecule has 112 valence electrons. The Morgan fingerprint density at radius 1 is 1.33 bits per heavy atom. The van der Waals surface area contributed by atoms with Crippen LogP contribution in [-0.2, 0) is 19.9 Å². The van der Waals surface area contributed by atoms with E-state index in [1.54, 1.807) is 11.3 Å². The maximum Gasteiger partial charge on any atom is 0.193 e. The lowest BCUT2D eigenvalue weighted by molar-refractivity contribution is 0.504. The van der Waals surface area contributed by atoms with Crippen LogP contribution in [-0.4, -0.2) is 25.7 Å². The van der Waals surface area contributed by atoms with Crippen molar-refractivity contribution in [2.45, 2.75) is 32.7 Å². The number of aryl methyl sites for hydroxylation is 2. The number of imidazole rings is 1. The van der Waals surface area contributed by atoms with Crippen LogP contribution in [0.3, 0.4) is 0 Å². The number of fused-ring (bicyclic) bond motifs is 1. The molecular formula is C15H21N5S. The van der Waals surface area contributed by atoms with Gasteiger partial charge in [0.25, 0.3) is 0 Å². The number of hydrogen-bond donors (Lipinski definition) is 1. The van der Waals surface area contributed by atoms with Crippen LogP contribution in [0.4, 0.5) is 0 Å². The highest BCUT2D eigenvalue weighted by Gasteiger charge is 2.18. The second-order valence-electron chi connectivity index (χ2n) is 5.18. The molecule has 0 saturated carbocycles. The Morgan fingerprint density at radius 2 is 2.19 bits per heavy atom. The lowest BCUT2D eigenvalue weighted by Gasteiger charge is -2.17. The Morgan fingerprint density at radius 3 is 2.86 bits per heavy atom. The Balaban J connectivity index is 1.86. The van der Waals surface area contributed by atoms with Crippen LogP contribution in [0.15, 0.2) is 23.8 Å². The minimum atomic E-state index is 0.248. The van der Waals surface area contributed by atoms with E-state index < -0.39 is 0 Å². The van der Waals surface area contributed by atoms with Crippen LogP contribution < -0.4 is 5.32 Å². The molecule has 0 bridgehead atoms. The van der Waals surface area contributed by atoms with Gasteiger partial charge in [0.2, 0.25) is 0 Å². The minimum absolute atomic E-state index is 0.248. The van der Waals surface area contributed by atoms with Crippen LogP contribution in [0.2, 0.25) is 0 Å². The fourth-order valence-corrected chi connectivity index (χ4v) is 3.37. The fraction of sp³-hybridized carbons (Fsp3) is 0.467. The van der Waals surface area contributed by atoms with Crippen molar-refractivity contribution in [1.82, 2.24) is 24.5 Å². The predicted octanol–water partition coefficient (Wildman–Crippen LogP) is 2.59. The molecule has 5 nitrogen and oxygen atoms in total. The highest BCUT2D eigenvalue weighted by atomic mass is 32.1. The molecule has 6 heteroatoms. The van der Waals surface area contributed by atoms with E-state index >= 15 is 0 Å². The van der Waals surface area contributed by atoms with Gasteiger partial charge in [-0.3, -0.25) is 9.08 Å². The van der Waals surface area contributed by atoms with Crippen LogP contribution in [0.1, 0.15) is 37.0 Å². The van der Waals surface area contributed by atoms with E-state index in [0.717, 1.165) is 35.7 Å². The van der Waals surface area contributed by atoms with Gasteiger partial charge in [0.1, 0.15) is 0 Å². The monoisotopic (exact) mass is 303 g/mol. The second-order valence-corrected chi connectivity index (χ2v) is 6.05. The number of likely N-dealkylation sites (N-methyl/N-ethyl adjacent to an activating group) is 1. The molecule has 1 atom stereocenters. The number of rotatable bonds is 6. The van der Waals surface area contributed by atoms with E-state index in [1.807, 2.05) is 11.7 Å². The van der Waals surface area contributed by atoms with Crippen LogP contribution in [0.25, 0.3) is 4.96 Å². The molecular weight excluding hydrogens is 282 g/mol. The van der Waals surface area contributed by atoms with E-state index in [9.17, 15) is 0 Å². The van der Waals surface area contributed by atoms with Gasteiger partial charge in [0, 0.05) is 31.2 Å². The molecule has 3 aromatic rings. The molecule has 21 heavy (non-hydrogen) atoms. The van der Waals surface area contributed by atoms with E-state index in [-0.39, 0.29) is 6.04 Å². The van der Waals surface area contributed by atoms with Gasteiger partial charge in [0.05, 0.1) is 23.1 Å². The first-order valence-corrected chi connectivity index (χ1v) is 8.26. The van der Waals surface area contributed by atoms with Gasteiger partial charge in [-0.25, -0.2) is 4.98 Å². The quantitative estimate of drug-likeness (QED) is 0.761. The van der Waals surface area contributed by atoms with Crippen molar-refractivity contribution < 1.29 is 0 Å². The third-order valence-electron chi connectivity index (χ3n) is 3.69. The molecule has 0 fully saturated rings. The standard InChI is InChI=1S/C15H21N5S/c1-4-11-9-14(19(3)18-11)13(16-5-2)8-12-10-20-6-7-21-15(20)17-12/h6-7,9-10,13,16H,4-5,8H2,1-3H3. The zero-order valence-electron chi connectivity index (χ0n) is 12.7. The molecule has 0 radical (unpaired) electrons. The molecule has 0 aliphatic rings. The van der Waals surface area contributed by atoms with Crippen molar-refractivity contribution in [3.05, 3.63) is 40.9 Å². The van der Waals surface area contributed by atoms with Crippen molar-refractivity contribution in [2.75, 3.05) is 6.54 Å². The van der Waals surface area contributed by atoms with Crippen molar-refractivity contribution in [3.63, 3.8) is 0 Å². The second kappa shape index (κ2) is 5.99. The summed E-state index contributed by atoms with van der Waals surface area (Å²) in [6, 6.07) is 2.45. The molecule has 0 amide bonds. The molecule has 0 spiro atoms. The minimum Gasteiger partial charge on any atom is -0.309 e. The third-order valence-corrected chi connectivity index (χ3v) is 4.46. The molecule has 3 aromatic heterocycles. The Bertz CT molecular complexity index is 695. The maximum absolute atomic E-state index is 4.69. The summed E-state index contributed by atoms with van der Waals surface area (Å²) >= 11 is 1.67. The number of hydrogen-bond acceptors (Lipinski definition) is 4. The van der Waals surface area contributed by atoms with E-state index in [1.165, 1.54) is 5.69 Å². The first-order chi connectivity index (χ1) is 10.2. The Hall–Kier alpha value is -1.66. The Kier molecular flexibility index (Phi) is 4.07. The smallest absolute Gasteiger partial charge is 0.193 e. The lowest BCUT2D eigenvalue weighted by Crippen LogP contribution is -2.25. The number of thiazole rings is 1. The van der Waals surface area contributed by atoms with Crippen molar-refractivity contribution >= 4 is 16.3 Å². The molecule has 0 aliphatic carbocycles. The summed E-state index contributed by atoms with van der Waals surface area (Å²) in [5.74, 6) is 0. The first kappa shape index (κ1) is 14.3. The van der Waals surface area contributed by atoms with Gasteiger partial charge < -0.3 is 5.32 Å². The van der Waals surface area contributed by atoms with Crippen molar-refractivity contribution in [3.8, 4) is 0 Å². The van der Waals surface area contributed by atoms with Crippen LogP contribution >= 0.6 is 11.3 Å². The van der Waals surface area contributed by atoms with E-state index in [0.29, 0.717) is 0 Å². The number of nitrogens with zero attached hydrogens (tertiary/aromatic N) is 4. The average Bonchev–Trinajstić information content (AvgIpc) is 3.12. The summed E-state index contributed by atoms with van der Waals surface area (Å²) in [4.78, 5) is 5.74. The molecule has 0 saturated heterocycles. The van der Waals surface area contributed by atoms with Gasteiger partial charge in [0.15, 0.2) is 4.96 Å². The number of nitrogens with one attached hydrogen (secondary N) is 1. The largest absolute Gasteiger partial charge is 0.309 e. The van der Waals surface area contributed by atoms with Gasteiger partial charge in [-0.2, -0.15) is 5.10 Å². The molecule has 3 rings (SSSR count). The predicted molar refractivity (Wildman–Crippen MR) is 85.8 cm³/mol. The van der Waals surface area contributed by atoms with Gasteiger partial charge in [-0.15, -0.1) is 11.3 Å².